The predicted octanol–water partition coefficient (Wildman–Crippen LogP) is 0.786. The highest BCUT2D eigenvalue weighted by Crippen LogP contribution is 2.03. The number of hydrogen-bond donors (Lipinski definition) is 1. The molecule has 0 radical (unpaired) electrons. The fourth-order valence-corrected chi connectivity index (χ4v) is 1.22. The van der Waals surface area contributed by atoms with E-state index < -0.39 is 0 Å². The molecule has 0 amide bonds. The molecule has 0 saturated carbocycles. The fraction of sp³-hybridized carbons (Fsp3) is 0.556. The van der Waals surface area contributed by atoms with E-state index in [2.05, 4.69) is 41.1 Å². The van der Waals surface area contributed by atoms with Gasteiger partial charge in [0.15, 0.2) is 0 Å². The van der Waals surface area contributed by atoms with E-state index in [1.807, 2.05) is 0 Å². The Labute approximate surface area is 74.3 Å². The molecule has 1 aliphatic heterocycles. The van der Waals surface area contributed by atoms with Gasteiger partial charge in [-0.1, -0.05) is 6.58 Å². The quantitative estimate of drug-likeness (QED) is 0.611. The summed E-state index contributed by atoms with van der Waals surface area (Å²) in [5, 5.41) is 3.08. The second kappa shape index (κ2) is 4.70. The van der Waals surface area contributed by atoms with Gasteiger partial charge in [0.05, 0.1) is 6.67 Å². The summed E-state index contributed by atoms with van der Waals surface area (Å²) >= 11 is 0. The first-order valence-corrected chi connectivity index (χ1v) is 4.30. The monoisotopic (exact) mass is 167 g/mol. The van der Waals surface area contributed by atoms with Crippen molar-refractivity contribution in [2.24, 2.45) is 0 Å². The van der Waals surface area contributed by atoms with E-state index in [0.717, 1.165) is 26.2 Å². The molecule has 68 valence electrons. The Kier molecular flexibility index (Phi) is 3.51. The van der Waals surface area contributed by atoms with Gasteiger partial charge in [0.2, 0.25) is 0 Å². The maximum atomic E-state index is 3.60. The van der Waals surface area contributed by atoms with Gasteiger partial charge in [0.25, 0.3) is 0 Å². The Morgan fingerprint density at radius 3 is 3.00 bits per heavy atom. The summed E-state index contributed by atoms with van der Waals surface area (Å²) in [6.07, 6.45) is 7.13. The highest BCUT2D eigenvalue weighted by atomic mass is 15.3. The maximum Gasteiger partial charge on any atom is 0.0890 e. The molecule has 0 aromatic carbocycles. The predicted molar refractivity (Wildman–Crippen MR) is 51.3 cm³/mol. The molecule has 1 aliphatic rings. The van der Waals surface area contributed by atoms with Crippen LogP contribution in [0.2, 0.25) is 0 Å². The van der Waals surface area contributed by atoms with Gasteiger partial charge in [0.1, 0.15) is 0 Å². The third-order valence-corrected chi connectivity index (χ3v) is 1.85. The zero-order chi connectivity index (χ0) is 8.81. The number of nitrogens with zero attached hydrogens (tertiary/aromatic N) is 2. The van der Waals surface area contributed by atoms with Gasteiger partial charge in [-0.05, 0) is 12.6 Å². The van der Waals surface area contributed by atoms with Crippen molar-refractivity contribution in [3.05, 3.63) is 25.2 Å². The average molecular weight is 167 g/mol. The molecule has 0 aromatic heterocycles. The van der Waals surface area contributed by atoms with Crippen molar-refractivity contribution in [2.45, 2.75) is 6.42 Å². The van der Waals surface area contributed by atoms with Crippen molar-refractivity contribution in [2.75, 3.05) is 26.8 Å². The van der Waals surface area contributed by atoms with Crippen LogP contribution in [-0.4, -0.2) is 36.6 Å². The molecule has 0 unspecified atom stereocenters. The molecule has 12 heavy (non-hydrogen) atoms. The molecule has 0 saturated heterocycles. The smallest absolute Gasteiger partial charge is 0.0890 e. The van der Waals surface area contributed by atoms with Gasteiger partial charge in [-0.15, -0.1) is 0 Å². The molecular formula is C9H17N3. The standard InChI is InChI=1S/C9H17N3/c1-3-10-5-4-6-12-8-7-11(2)9-12/h3,7-8,10H,1,4-6,9H2,2H3. The highest BCUT2D eigenvalue weighted by molar-refractivity contribution is 4.88. The van der Waals surface area contributed by atoms with Crippen LogP contribution in [0.25, 0.3) is 0 Å². The first-order chi connectivity index (χ1) is 5.83. The lowest BCUT2D eigenvalue weighted by Crippen LogP contribution is -2.25. The second-order valence-electron chi connectivity index (χ2n) is 3.02. The van der Waals surface area contributed by atoms with Gasteiger partial charge in [-0.3, -0.25) is 0 Å². The van der Waals surface area contributed by atoms with Gasteiger partial charge in [-0.25, -0.2) is 0 Å². The summed E-state index contributed by atoms with van der Waals surface area (Å²) in [7, 11) is 2.08. The average Bonchev–Trinajstić information content (AvgIpc) is 2.45. The lowest BCUT2D eigenvalue weighted by molar-refractivity contribution is 0.294. The van der Waals surface area contributed by atoms with Crippen molar-refractivity contribution in [3.63, 3.8) is 0 Å². The molecular weight excluding hydrogens is 150 g/mol. The summed E-state index contributed by atoms with van der Waals surface area (Å²) in [6, 6.07) is 0. The summed E-state index contributed by atoms with van der Waals surface area (Å²) in [6.45, 7) is 6.74. The lowest BCUT2D eigenvalue weighted by Gasteiger charge is -2.17. The third-order valence-electron chi connectivity index (χ3n) is 1.85. The van der Waals surface area contributed by atoms with E-state index >= 15 is 0 Å². The zero-order valence-corrected chi connectivity index (χ0v) is 7.66. The van der Waals surface area contributed by atoms with Crippen LogP contribution in [0.1, 0.15) is 6.42 Å². The molecule has 0 bridgehead atoms. The van der Waals surface area contributed by atoms with E-state index in [0.29, 0.717) is 0 Å². The molecule has 0 aliphatic carbocycles. The van der Waals surface area contributed by atoms with Gasteiger partial charge < -0.3 is 15.1 Å². The Morgan fingerprint density at radius 1 is 1.58 bits per heavy atom. The van der Waals surface area contributed by atoms with E-state index in [-0.39, 0.29) is 0 Å². The minimum Gasteiger partial charge on any atom is -0.391 e. The van der Waals surface area contributed by atoms with Crippen LogP contribution in [0.15, 0.2) is 25.2 Å². The molecule has 0 atom stereocenters. The first-order valence-electron chi connectivity index (χ1n) is 4.30. The van der Waals surface area contributed by atoms with E-state index in [9.17, 15) is 0 Å². The van der Waals surface area contributed by atoms with Crippen LogP contribution in [0.4, 0.5) is 0 Å². The first kappa shape index (κ1) is 8.97. The Morgan fingerprint density at radius 2 is 2.42 bits per heavy atom. The largest absolute Gasteiger partial charge is 0.391 e. The summed E-state index contributed by atoms with van der Waals surface area (Å²) in [4.78, 5) is 4.46. The van der Waals surface area contributed by atoms with Gasteiger partial charge >= 0.3 is 0 Å². The zero-order valence-electron chi connectivity index (χ0n) is 7.66. The van der Waals surface area contributed by atoms with Crippen molar-refractivity contribution in [1.29, 1.82) is 0 Å². The van der Waals surface area contributed by atoms with Crippen LogP contribution < -0.4 is 5.32 Å². The lowest BCUT2D eigenvalue weighted by atomic mass is 10.4. The van der Waals surface area contributed by atoms with E-state index in [1.54, 1.807) is 6.20 Å². The fourth-order valence-electron chi connectivity index (χ4n) is 1.22. The van der Waals surface area contributed by atoms with Crippen LogP contribution in [0, 0.1) is 0 Å². The minimum atomic E-state index is 1.01. The molecule has 1 rings (SSSR count). The van der Waals surface area contributed by atoms with Crippen LogP contribution in [-0.2, 0) is 0 Å². The summed E-state index contributed by atoms with van der Waals surface area (Å²) in [5.74, 6) is 0. The topological polar surface area (TPSA) is 18.5 Å². The normalized spacial score (nSPS) is 15.4. The molecule has 0 spiro atoms. The van der Waals surface area contributed by atoms with Crippen LogP contribution in [0.3, 0.4) is 0 Å². The maximum absolute atomic E-state index is 3.60. The molecule has 1 N–H and O–H groups in total. The van der Waals surface area contributed by atoms with Crippen molar-refractivity contribution in [3.8, 4) is 0 Å². The van der Waals surface area contributed by atoms with Crippen molar-refractivity contribution < 1.29 is 0 Å². The minimum absolute atomic E-state index is 1.01. The third kappa shape index (κ3) is 2.86. The highest BCUT2D eigenvalue weighted by Gasteiger charge is 2.06. The Bertz CT molecular complexity index is 165. The van der Waals surface area contributed by atoms with Gasteiger partial charge in [-0.2, -0.15) is 0 Å². The van der Waals surface area contributed by atoms with Crippen molar-refractivity contribution >= 4 is 0 Å². The summed E-state index contributed by atoms with van der Waals surface area (Å²) in [5.41, 5.74) is 0. The Balaban J connectivity index is 2.01. The molecule has 3 nitrogen and oxygen atoms in total. The van der Waals surface area contributed by atoms with Crippen LogP contribution in [0.5, 0.6) is 0 Å². The Hall–Kier alpha value is -1.12. The van der Waals surface area contributed by atoms with E-state index in [4.69, 9.17) is 0 Å². The van der Waals surface area contributed by atoms with E-state index in [1.165, 1.54) is 0 Å². The van der Waals surface area contributed by atoms with Gasteiger partial charge in [0, 0.05) is 32.5 Å². The number of rotatable bonds is 5. The SMILES string of the molecule is C=CNCCCN1C=CN(C)C1. The number of hydrogen-bond acceptors (Lipinski definition) is 3. The summed E-state index contributed by atoms with van der Waals surface area (Å²) < 4.78 is 0. The molecule has 1 heterocycles. The second-order valence-corrected chi connectivity index (χ2v) is 3.02. The van der Waals surface area contributed by atoms with Crippen molar-refractivity contribution in [1.82, 2.24) is 15.1 Å². The molecule has 0 fully saturated rings. The van der Waals surface area contributed by atoms with Crippen LogP contribution >= 0.6 is 0 Å². The number of nitrogens with one attached hydrogen (secondary N) is 1. The molecule has 3 heteroatoms. The molecule has 0 aromatic rings.